The maximum atomic E-state index is 12.0. The van der Waals surface area contributed by atoms with E-state index in [1.807, 2.05) is 50.5 Å². The van der Waals surface area contributed by atoms with Crippen molar-refractivity contribution in [3.05, 3.63) is 92.5 Å². The summed E-state index contributed by atoms with van der Waals surface area (Å²) in [6.07, 6.45) is 0.152. The van der Waals surface area contributed by atoms with Crippen molar-refractivity contribution in [3.63, 3.8) is 0 Å². The van der Waals surface area contributed by atoms with Gasteiger partial charge in [-0.15, -0.1) is 0 Å². The average molecular weight is 487 g/mol. The molecule has 0 bridgehead atoms. The molecule has 0 saturated carbocycles. The van der Waals surface area contributed by atoms with E-state index in [0.29, 0.717) is 29.6 Å². The van der Waals surface area contributed by atoms with Crippen LogP contribution in [0.5, 0.6) is 11.5 Å². The van der Waals surface area contributed by atoms with Gasteiger partial charge in [-0.25, -0.2) is 0 Å². The minimum absolute atomic E-state index is 0.0780. The molecule has 0 aliphatic rings. The fourth-order valence-corrected chi connectivity index (χ4v) is 3.70. The second kappa shape index (κ2) is 12.0. The Kier molecular flexibility index (Phi) is 9.12. The summed E-state index contributed by atoms with van der Waals surface area (Å²) in [6, 6.07) is 16.3. The van der Waals surface area contributed by atoms with Crippen molar-refractivity contribution in [1.29, 1.82) is 0 Å². The summed E-state index contributed by atoms with van der Waals surface area (Å²) in [5.41, 5.74) is 1.42. The van der Waals surface area contributed by atoms with Crippen LogP contribution in [0.15, 0.2) is 63.8 Å². The largest absolute Gasteiger partial charge is 0.502 e. The Bertz CT molecular complexity index is 1130. The van der Waals surface area contributed by atoms with Crippen molar-refractivity contribution in [2.45, 2.75) is 38.6 Å². The molecule has 2 aromatic carbocycles. The van der Waals surface area contributed by atoms with Crippen LogP contribution in [0.4, 0.5) is 0 Å². The Labute approximate surface area is 204 Å². The minimum atomic E-state index is -0.630. The molecule has 0 radical (unpaired) electrons. The average Bonchev–Trinajstić information content (AvgIpc) is 2.80. The van der Waals surface area contributed by atoms with Gasteiger partial charge in [-0.1, -0.05) is 35.9 Å². The van der Waals surface area contributed by atoms with Gasteiger partial charge < -0.3 is 29.6 Å². The van der Waals surface area contributed by atoms with Gasteiger partial charge in [-0.3, -0.25) is 4.79 Å². The number of aliphatic hydroxyl groups is 1. The van der Waals surface area contributed by atoms with Gasteiger partial charge in [-0.05, 0) is 62.8 Å². The first-order chi connectivity index (χ1) is 16.2. The third-order valence-corrected chi connectivity index (χ3v) is 5.48. The summed E-state index contributed by atoms with van der Waals surface area (Å²) in [5.74, 6) is 0.837. The molecule has 3 aromatic rings. The highest BCUT2D eigenvalue weighted by Gasteiger charge is 2.13. The number of hydrogen-bond acceptors (Lipinski definition) is 7. The number of rotatable bonds is 11. The van der Waals surface area contributed by atoms with Gasteiger partial charge in [0.1, 0.15) is 18.1 Å². The van der Waals surface area contributed by atoms with Gasteiger partial charge in [0.2, 0.25) is 11.2 Å². The van der Waals surface area contributed by atoms with E-state index >= 15 is 0 Å². The Morgan fingerprint density at radius 1 is 1.15 bits per heavy atom. The van der Waals surface area contributed by atoms with Crippen LogP contribution in [0.2, 0.25) is 5.02 Å². The molecule has 1 heterocycles. The monoisotopic (exact) mass is 486 g/mol. The number of nitrogens with zero attached hydrogens (tertiary/aromatic N) is 1. The molecule has 2 atom stereocenters. The molecule has 7 nitrogen and oxygen atoms in total. The first-order valence-corrected chi connectivity index (χ1v) is 11.5. The van der Waals surface area contributed by atoms with Crippen LogP contribution in [0.3, 0.4) is 0 Å². The molecule has 3 rings (SSSR count). The summed E-state index contributed by atoms with van der Waals surface area (Å²) in [6.45, 7) is 2.88. The van der Waals surface area contributed by atoms with E-state index in [1.165, 1.54) is 6.07 Å². The molecule has 8 heteroatoms. The van der Waals surface area contributed by atoms with Crippen LogP contribution in [-0.2, 0) is 19.6 Å². The smallest absolute Gasteiger partial charge is 0.227 e. The van der Waals surface area contributed by atoms with E-state index in [1.54, 1.807) is 17.0 Å². The fraction of sp³-hybridized carbons (Fsp3) is 0.346. The first kappa shape index (κ1) is 25.8. The summed E-state index contributed by atoms with van der Waals surface area (Å²) in [4.78, 5) is 13.8. The van der Waals surface area contributed by atoms with E-state index in [4.69, 9.17) is 20.8 Å². The molecule has 1 aromatic heterocycles. The van der Waals surface area contributed by atoms with E-state index in [2.05, 4.69) is 12.2 Å². The number of hydrogen-bond donors (Lipinski definition) is 3. The van der Waals surface area contributed by atoms with E-state index in [9.17, 15) is 15.0 Å². The lowest BCUT2D eigenvalue weighted by Crippen LogP contribution is -2.32. The molecule has 0 aliphatic heterocycles. The van der Waals surface area contributed by atoms with E-state index < -0.39 is 11.5 Å². The van der Waals surface area contributed by atoms with Crippen LogP contribution < -0.4 is 15.5 Å². The van der Waals surface area contributed by atoms with E-state index in [0.717, 1.165) is 17.5 Å². The molecule has 182 valence electrons. The van der Waals surface area contributed by atoms with Crippen LogP contribution in [0.1, 0.15) is 35.7 Å². The zero-order valence-electron chi connectivity index (χ0n) is 19.6. The van der Waals surface area contributed by atoms with Crippen molar-refractivity contribution < 1.29 is 19.4 Å². The van der Waals surface area contributed by atoms with Crippen molar-refractivity contribution in [2.75, 3.05) is 20.6 Å². The lowest BCUT2D eigenvalue weighted by atomic mass is 10.1. The Hall–Kier alpha value is -2.84. The van der Waals surface area contributed by atoms with Gasteiger partial charge in [0.15, 0.2) is 5.76 Å². The highest BCUT2D eigenvalue weighted by atomic mass is 35.5. The molecule has 0 aliphatic carbocycles. The van der Waals surface area contributed by atoms with Gasteiger partial charge in [0.25, 0.3) is 0 Å². The summed E-state index contributed by atoms with van der Waals surface area (Å²) in [5, 5.41) is 24.2. The van der Waals surface area contributed by atoms with Crippen LogP contribution in [-0.4, -0.2) is 41.8 Å². The molecule has 0 saturated heterocycles. The van der Waals surface area contributed by atoms with Crippen molar-refractivity contribution in [2.24, 2.45) is 0 Å². The lowest BCUT2D eigenvalue weighted by molar-refractivity contribution is 0.170. The maximum Gasteiger partial charge on any atom is 0.227 e. The lowest BCUT2D eigenvalue weighted by Gasteiger charge is -2.18. The number of aromatic hydroxyl groups is 1. The topological polar surface area (TPSA) is 95.2 Å². The third kappa shape index (κ3) is 7.60. The fourth-order valence-electron chi connectivity index (χ4n) is 3.50. The number of halogens is 1. The summed E-state index contributed by atoms with van der Waals surface area (Å²) >= 11 is 5.99. The molecule has 0 spiro atoms. The molecule has 0 fully saturated rings. The van der Waals surface area contributed by atoms with Crippen LogP contribution >= 0.6 is 11.6 Å². The Morgan fingerprint density at radius 3 is 2.56 bits per heavy atom. The number of aliphatic hydroxyl groups excluding tert-OH is 1. The maximum absolute atomic E-state index is 12.0. The van der Waals surface area contributed by atoms with Crippen molar-refractivity contribution in [3.8, 4) is 11.5 Å². The highest BCUT2D eigenvalue weighted by Crippen LogP contribution is 2.20. The van der Waals surface area contributed by atoms with E-state index in [-0.39, 0.29) is 24.2 Å². The molecule has 3 N–H and O–H groups in total. The standard InChI is InChI=1S/C26H31ClN2O5/c1-17(28-14-24(31)19-5-4-6-20(27)12-19)11-18-7-9-21(10-8-18)33-16-22-13-23(30)26(32)25(34-22)15-29(2)3/h4-10,12-13,17,24,28,31-32H,11,14-16H2,1-3H3. The molecule has 34 heavy (non-hydrogen) atoms. The van der Waals surface area contributed by atoms with Crippen LogP contribution in [0, 0.1) is 0 Å². The first-order valence-electron chi connectivity index (χ1n) is 11.1. The number of ether oxygens (including phenoxy) is 1. The Balaban J connectivity index is 1.50. The number of nitrogens with one attached hydrogen (secondary N) is 1. The molecule has 0 amide bonds. The van der Waals surface area contributed by atoms with Gasteiger partial charge >= 0.3 is 0 Å². The molecule has 2 unspecified atom stereocenters. The summed E-state index contributed by atoms with van der Waals surface area (Å²) < 4.78 is 11.4. The predicted molar refractivity (Wildman–Crippen MR) is 132 cm³/mol. The Morgan fingerprint density at radius 2 is 1.88 bits per heavy atom. The van der Waals surface area contributed by atoms with Crippen molar-refractivity contribution in [1.82, 2.24) is 10.2 Å². The predicted octanol–water partition coefficient (Wildman–Crippen LogP) is 3.89. The minimum Gasteiger partial charge on any atom is -0.502 e. The normalized spacial score (nSPS) is 13.1. The van der Waals surface area contributed by atoms with Crippen molar-refractivity contribution >= 4 is 11.6 Å². The molecular formula is C26H31ClN2O5. The third-order valence-electron chi connectivity index (χ3n) is 5.24. The molecular weight excluding hydrogens is 456 g/mol. The van der Waals surface area contributed by atoms with Gasteiger partial charge in [0.05, 0.1) is 12.6 Å². The van der Waals surface area contributed by atoms with Gasteiger partial charge in [0, 0.05) is 23.7 Å². The SMILES string of the molecule is CC(Cc1ccc(OCc2cc(=O)c(O)c(CN(C)C)o2)cc1)NCC(O)c1cccc(Cl)c1. The zero-order valence-corrected chi connectivity index (χ0v) is 20.4. The summed E-state index contributed by atoms with van der Waals surface area (Å²) in [7, 11) is 3.64. The number of benzene rings is 2. The highest BCUT2D eigenvalue weighted by molar-refractivity contribution is 6.30. The second-order valence-electron chi connectivity index (χ2n) is 8.60. The quantitative estimate of drug-likeness (QED) is 0.378. The van der Waals surface area contributed by atoms with Crippen LogP contribution in [0.25, 0.3) is 0 Å². The second-order valence-corrected chi connectivity index (χ2v) is 9.04. The zero-order chi connectivity index (χ0) is 24.7. The van der Waals surface area contributed by atoms with Gasteiger partial charge in [-0.2, -0.15) is 0 Å².